The molecule has 1 nitrogen and oxygen atoms in total. The van der Waals surface area contributed by atoms with Gasteiger partial charge in [-0.05, 0) is 91.3 Å². The molecule has 52 heavy (non-hydrogen) atoms. The van der Waals surface area contributed by atoms with Gasteiger partial charge < -0.3 is 4.90 Å². The minimum Gasteiger partial charge on any atom is -0.309 e. The van der Waals surface area contributed by atoms with Gasteiger partial charge >= 0.3 is 0 Å². The number of thiophene rings is 1. The van der Waals surface area contributed by atoms with Crippen LogP contribution < -0.4 is 4.90 Å². The molecule has 0 unspecified atom stereocenters. The molecule has 10 aromatic carbocycles. The Morgan fingerprint density at radius 1 is 0.308 bits per heavy atom. The summed E-state index contributed by atoms with van der Waals surface area (Å²) in [6, 6.07) is 69.4. The SMILES string of the molecule is c1ccc2c(N(c3ccc(-c4ccc5sc6ccccc6c5c4)cc3)c3cc4ccc5ccccc5c4c4c3ccc3ccccc34)cccc2c1. The molecule has 0 amide bonds. The summed E-state index contributed by atoms with van der Waals surface area (Å²) in [4.78, 5) is 2.48. The number of benzene rings is 10. The van der Waals surface area contributed by atoms with Crippen LogP contribution in [-0.4, -0.2) is 0 Å². The van der Waals surface area contributed by atoms with Gasteiger partial charge in [0.2, 0.25) is 0 Å². The van der Waals surface area contributed by atoms with Gasteiger partial charge in [-0.25, -0.2) is 0 Å². The number of hydrogen-bond acceptors (Lipinski definition) is 2. The topological polar surface area (TPSA) is 3.24 Å². The van der Waals surface area contributed by atoms with E-state index in [9.17, 15) is 0 Å². The molecule has 2 heteroatoms. The normalized spacial score (nSPS) is 11.8. The highest BCUT2D eigenvalue weighted by atomic mass is 32.1. The van der Waals surface area contributed by atoms with Crippen molar-refractivity contribution >= 4 is 102 Å². The van der Waals surface area contributed by atoms with Crippen LogP contribution in [0.15, 0.2) is 188 Å². The Morgan fingerprint density at radius 3 is 1.67 bits per heavy atom. The average Bonchev–Trinajstić information content (AvgIpc) is 3.59. The molecule has 1 aromatic heterocycles. The van der Waals surface area contributed by atoms with E-state index in [0.717, 1.165) is 11.4 Å². The van der Waals surface area contributed by atoms with Crippen LogP contribution in [-0.2, 0) is 0 Å². The summed E-state index contributed by atoms with van der Waals surface area (Å²) in [5.41, 5.74) is 5.88. The zero-order valence-electron chi connectivity index (χ0n) is 28.3. The average molecular weight is 678 g/mol. The maximum Gasteiger partial charge on any atom is 0.0546 e. The molecule has 11 rings (SSSR count). The van der Waals surface area contributed by atoms with E-state index in [2.05, 4.69) is 193 Å². The number of anilines is 3. The van der Waals surface area contributed by atoms with Crippen LogP contribution in [0.2, 0.25) is 0 Å². The molecule has 11 aromatic rings. The number of fused-ring (bicyclic) bond motifs is 11. The fourth-order valence-corrected chi connectivity index (χ4v) is 9.46. The number of rotatable bonds is 4. The standard InChI is InChI=1S/C50H31NS/c1-4-14-39-33(10-1)13-9-18-45(39)51(38-26-22-32(23-27-38)36-25-29-48-44(30-36)42-17-7-8-19-47(42)52-48)46-31-37-21-20-34-11-2-5-15-40(34)49(37)50-41-16-6-3-12-35(41)24-28-43(46)50/h1-31H. The first-order valence-electron chi connectivity index (χ1n) is 17.8. The summed E-state index contributed by atoms with van der Waals surface area (Å²) in [6.45, 7) is 0. The Labute approximate surface area is 305 Å². The summed E-state index contributed by atoms with van der Waals surface area (Å²) < 4.78 is 2.66. The van der Waals surface area contributed by atoms with Gasteiger partial charge in [-0.1, -0.05) is 146 Å². The Bertz CT molecular complexity index is 3180. The van der Waals surface area contributed by atoms with Gasteiger partial charge in [-0.2, -0.15) is 0 Å². The van der Waals surface area contributed by atoms with Crippen LogP contribution in [0.4, 0.5) is 17.1 Å². The van der Waals surface area contributed by atoms with Crippen LogP contribution in [0.5, 0.6) is 0 Å². The molecular formula is C50H31NS. The minimum absolute atomic E-state index is 1.12. The van der Waals surface area contributed by atoms with Crippen molar-refractivity contribution in [3.8, 4) is 11.1 Å². The lowest BCUT2D eigenvalue weighted by atomic mass is 9.91. The van der Waals surface area contributed by atoms with E-state index in [4.69, 9.17) is 0 Å². The molecule has 0 saturated heterocycles. The van der Waals surface area contributed by atoms with Crippen molar-refractivity contribution in [2.45, 2.75) is 0 Å². The summed E-state index contributed by atoms with van der Waals surface area (Å²) in [6.07, 6.45) is 0. The molecule has 0 bridgehead atoms. The smallest absolute Gasteiger partial charge is 0.0546 e. The van der Waals surface area contributed by atoms with Crippen molar-refractivity contribution in [1.82, 2.24) is 0 Å². The quantitative estimate of drug-likeness (QED) is 0.168. The van der Waals surface area contributed by atoms with E-state index in [1.807, 2.05) is 11.3 Å². The summed E-state index contributed by atoms with van der Waals surface area (Å²) >= 11 is 1.86. The molecule has 0 N–H and O–H groups in total. The molecule has 242 valence electrons. The van der Waals surface area contributed by atoms with E-state index in [1.54, 1.807) is 0 Å². The fourth-order valence-electron chi connectivity index (χ4n) is 8.37. The summed E-state index contributed by atoms with van der Waals surface area (Å²) in [5, 5.41) is 15.2. The first-order valence-corrected chi connectivity index (χ1v) is 18.7. The Kier molecular flexibility index (Phi) is 6.49. The lowest BCUT2D eigenvalue weighted by Crippen LogP contribution is -2.11. The first kappa shape index (κ1) is 29.3. The zero-order valence-corrected chi connectivity index (χ0v) is 29.1. The second kappa shape index (κ2) is 11.5. The van der Waals surface area contributed by atoms with Crippen LogP contribution in [0, 0.1) is 0 Å². The van der Waals surface area contributed by atoms with Gasteiger partial charge in [0.15, 0.2) is 0 Å². The molecule has 0 aliphatic rings. The van der Waals surface area contributed by atoms with E-state index >= 15 is 0 Å². The molecule has 0 aliphatic carbocycles. The van der Waals surface area contributed by atoms with Crippen molar-refractivity contribution in [2.24, 2.45) is 0 Å². The van der Waals surface area contributed by atoms with Crippen molar-refractivity contribution < 1.29 is 0 Å². The third-order valence-electron chi connectivity index (χ3n) is 10.8. The minimum atomic E-state index is 1.12. The second-order valence-electron chi connectivity index (χ2n) is 13.7. The van der Waals surface area contributed by atoms with Gasteiger partial charge in [0.05, 0.1) is 11.4 Å². The third-order valence-corrected chi connectivity index (χ3v) is 11.9. The molecule has 1 heterocycles. The predicted octanol–water partition coefficient (Wildman–Crippen LogP) is 15.0. The fraction of sp³-hybridized carbons (Fsp3) is 0. The van der Waals surface area contributed by atoms with Crippen molar-refractivity contribution in [3.63, 3.8) is 0 Å². The maximum absolute atomic E-state index is 2.48. The summed E-state index contributed by atoms with van der Waals surface area (Å²) in [7, 11) is 0. The predicted molar refractivity (Wildman–Crippen MR) is 227 cm³/mol. The van der Waals surface area contributed by atoms with Crippen LogP contribution >= 0.6 is 11.3 Å². The van der Waals surface area contributed by atoms with Crippen LogP contribution in [0.25, 0.3) is 85.2 Å². The summed E-state index contributed by atoms with van der Waals surface area (Å²) in [5.74, 6) is 0. The molecule has 0 spiro atoms. The van der Waals surface area contributed by atoms with Gasteiger partial charge in [0, 0.05) is 42.0 Å². The van der Waals surface area contributed by atoms with E-state index in [-0.39, 0.29) is 0 Å². The third kappa shape index (κ3) is 4.48. The van der Waals surface area contributed by atoms with E-state index < -0.39 is 0 Å². The maximum atomic E-state index is 2.48. The molecule has 0 aliphatic heterocycles. The van der Waals surface area contributed by atoms with Gasteiger partial charge in [-0.3, -0.25) is 0 Å². The molecule has 0 atom stereocenters. The van der Waals surface area contributed by atoms with E-state index in [0.29, 0.717) is 0 Å². The van der Waals surface area contributed by atoms with Crippen molar-refractivity contribution in [3.05, 3.63) is 188 Å². The van der Waals surface area contributed by atoms with Gasteiger partial charge in [0.25, 0.3) is 0 Å². The molecule has 0 fully saturated rings. The number of hydrogen-bond donors (Lipinski definition) is 0. The molecule has 0 saturated carbocycles. The van der Waals surface area contributed by atoms with Gasteiger partial charge in [-0.15, -0.1) is 11.3 Å². The Morgan fingerprint density at radius 2 is 0.885 bits per heavy atom. The Hall–Kier alpha value is -6.48. The van der Waals surface area contributed by atoms with Gasteiger partial charge in [0.1, 0.15) is 0 Å². The van der Waals surface area contributed by atoms with Crippen molar-refractivity contribution in [2.75, 3.05) is 4.90 Å². The first-order chi connectivity index (χ1) is 25.8. The lowest BCUT2D eigenvalue weighted by Gasteiger charge is -2.29. The van der Waals surface area contributed by atoms with E-state index in [1.165, 1.54) is 90.8 Å². The largest absolute Gasteiger partial charge is 0.309 e. The monoisotopic (exact) mass is 677 g/mol. The highest BCUT2D eigenvalue weighted by Crippen LogP contribution is 2.47. The van der Waals surface area contributed by atoms with Crippen LogP contribution in [0.1, 0.15) is 0 Å². The van der Waals surface area contributed by atoms with Crippen molar-refractivity contribution in [1.29, 1.82) is 0 Å². The highest BCUT2D eigenvalue weighted by molar-refractivity contribution is 7.25. The Balaban J connectivity index is 1.18. The lowest BCUT2D eigenvalue weighted by molar-refractivity contribution is 1.32. The number of nitrogens with zero attached hydrogens (tertiary/aromatic N) is 1. The van der Waals surface area contributed by atoms with Crippen LogP contribution in [0.3, 0.4) is 0 Å². The molecule has 0 radical (unpaired) electrons. The zero-order chi connectivity index (χ0) is 34.2. The highest BCUT2D eigenvalue weighted by Gasteiger charge is 2.21. The molecular weight excluding hydrogens is 647 g/mol. The second-order valence-corrected chi connectivity index (χ2v) is 14.8.